The molecule has 0 aliphatic carbocycles. The number of rotatable bonds is 5. The summed E-state index contributed by atoms with van der Waals surface area (Å²) in [6.07, 6.45) is 0. The van der Waals surface area contributed by atoms with Crippen LogP contribution in [0.15, 0.2) is 0 Å². The second-order valence-electron chi connectivity index (χ2n) is 4.05. The number of aliphatic hydroxyl groups is 1. The van der Waals surface area contributed by atoms with Crippen LogP contribution < -0.4 is 0 Å². The lowest BCUT2D eigenvalue weighted by molar-refractivity contribution is -0.175. The first-order valence-corrected chi connectivity index (χ1v) is 6.80. The normalized spacial score (nSPS) is 24.5. The Morgan fingerprint density at radius 1 is 1.71 bits per heavy atom. The van der Waals surface area contributed by atoms with E-state index in [2.05, 4.69) is 0 Å². The number of likely N-dealkylation sites (N-methyl/N-ethyl adjacent to an activating group) is 1. The molecule has 1 unspecified atom stereocenters. The number of carbonyl (C=O) groups excluding carboxylic acids is 1. The average Bonchev–Trinajstić information content (AvgIpc) is 2.54. The van der Waals surface area contributed by atoms with Crippen molar-refractivity contribution >= 4 is 34.3 Å². The van der Waals surface area contributed by atoms with Crippen LogP contribution in [0.25, 0.3) is 0 Å². The standard InChI is InChI=1S/C10H18N2O3S2/c1-4-15-8(13)10(14)7-17-9(16)12(10)6-5-11(2)3/h14H,4-7H2,1-3H3. The van der Waals surface area contributed by atoms with Crippen molar-refractivity contribution in [3.63, 3.8) is 0 Å². The fraction of sp³-hybridized carbons (Fsp3) is 0.800. The number of carbonyl (C=O) groups is 1. The van der Waals surface area contributed by atoms with Gasteiger partial charge in [-0.1, -0.05) is 24.0 Å². The summed E-state index contributed by atoms with van der Waals surface area (Å²) < 4.78 is 5.44. The van der Waals surface area contributed by atoms with Crippen LogP contribution in [0.1, 0.15) is 6.92 Å². The second kappa shape index (κ2) is 5.99. The summed E-state index contributed by atoms with van der Waals surface area (Å²) in [5.74, 6) is -0.385. The molecule has 1 heterocycles. The predicted molar refractivity (Wildman–Crippen MR) is 71.9 cm³/mol. The Balaban J connectivity index is 2.75. The van der Waals surface area contributed by atoms with Crippen molar-refractivity contribution in [2.45, 2.75) is 12.6 Å². The number of thiocarbonyl (C=S) groups is 1. The fourth-order valence-corrected chi connectivity index (χ4v) is 2.88. The van der Waals surface area contributed by atoms with Gasteiger partial charge in [-0.2, -0.15) is 0 Å². The van der Waals surface area contributed by atoms with Gasteiger partial charge in [0.25, 0.3) is 0 Å². The Hall–Kier alpha value is -0.370. The zero-order valence-electron chi connectivity index (χ0n) is 10.3. The van der Waals surface area contributed by atoms with Crippen LogP contribution in [-0.4, -0.2) is 70.5 Å². The molecule has 7 heteroatoms. The van der Waals surface area contributed by atoms with E-state index in [1.54, 1.807) is 11.8 Å². The molecule has 0 aromatic heterocycles. The molecule has 0 aromatic carbocycles. The molecule has 1 atom stereocenters. The lowest BCUT2D eigenvalue weighted by Crippen LogP contribution is -2.55. The highest BCUT2D eigenvalue weighted by atomic mass is 32.2. The van der Waals surface area contributed by atoms with Gasteiger partial charge in [0.15, 0.2) is 0 Å². The first kappa shape index (κ1) is 14.7. The van der Waals surface area contributed by atoms with Crippen molar-refractivity contribution < 1.29 is 14.6 Å². The number of thioether (sulfide) groups is 1. The van der Waals surface area contributed by atoms with Crippen LogP contribution >= 0.6 is 24.0 Å². The van der Waals surface area contributed by atoms with Gasteiger partial charge in [-0.15, -0.1) is 0 Å². The molecule has 17 heavy (non-hydrogen) atoms. The van der Waals surface area contributed by atoms with E-state index in [1.165, 1.54) is 11.8 Å². The largest absolute Gasteiger partial charge is 0.462 e. The van der Waals surface area contributed by atoms with E-state index in [4.69, 9.17) is 17.0 Å². The molecule has 0 aromatic rings. The minimum Gasteiger partial charge on any atom is -0.462 e. The predicted octanol–water partition coefficient (Wildman–Crippen LogP) is 0.133. The van der Waals surface area contributed by atoms with Gasteiger partial charge in [-0.3, -0.25) is 0 Å². The summed E-state index contributed by atoms with van der Waals surface area (Å²) in [6.45, 7) is 3.18. The minimum absolute atomic E-state index is 0.234. The molecule has 98 valence electrons. The minimum atomic E-state index is -1.60. The van der Waals surface area contributed by atoms with Crippen LogP contribution in [0.2, 0.25) is 0 Å². The van der Waals surface area contributed by atoms with Crippen molar-refractivity contribution in [2.24, 2.45) is 0 Å². The third kappa shape index (κ3) is 3.31. The molecule has 5 nitrogen and oxygen atoms in total. The van der Waals surface area contributed by atoms with Gasteiger partial charge in [0.1, 0.15) is 4.32 Å². The van der Waals surface area contributed by atoms with Gasteiger partial charge in [0, 0.05) is 13.1 Å². The van der Waals surface area contributed by atoms with Gasteiger partial charge < -0.3 is 19.6 Å². The van der Waals surface area contributed by atoms with Crippen LogP contribution in [-0.2, 0) is 9.53 Å². The summed E-state index contributed by atoms with van der Waals surface area (Å²) in [5.41, 5.74) is -1.60. The topological polar surface area (TPSA) is 53.0 Å². The summed E-state index contributed by atoms with van der Waals surface area (Å²) in [7, 11) is 3.85. The highest BCUT2D eigenvalue weighted by Crippen LogP contribution is 2.32. The van der Waals surface area contributed by atoms with E-state index < -0.39 is 11.7 Å². The van der Waals surface area contributed by atoms with Gasteiger partial charge >= 0.3 is 5.97 Å². The molecule has 0 amide bonds. The molecule has 1 aliphatic rings. The highest BCUT2D eigenvalue weighted by Gasteiger charge is 2.50. The van der Waals surface area contributed by atoms with Crippen LogP contribution in [0.3, 0.4) is 0 Å². The van der Waals surface area contributed by atoms with Crippen molar-refractivity contribution in [3.8, 4) is 0 Å². The summed E-state index contributed by atoms with van der Waals surface area (Å²) >= 11 is 6.45. The summed E-state index contributed by atoms with van der Waals surface area (Å²) in [5, 5.41) is 10.4. The maximum Gasteiger partial charge on any atom is 0.360 e. The van der Waals surface area contributed by atoms with E-state index in [-0.39, 0.29) is 12.4 Å². The van der Waals surface area contributed by atoms with Crippen molar-refractivity contribution in [1.29, 1.82) is 0 Å². The van der Waals surface area contributed by atoms with Gasteiger partial charge in [-0.05, 0) is 21.0 Å². The molecular weight excluding hydrogens is 260 g/mol. The first-order valence-electron chi connectivity index (χ1n) is 5.40. The van der Waals surface area contributed by atoms with E-state index in [9.17, 15) is 9.90 Å². The SMILES string of the molecule is CCOC(=O)C1(O)CSC(=S)N1CCN(C)C. The van der Waals surface area contributed by atoms with Crippen LogP contribution in [0.5, 0.6) is 0 Å². The average molecular weight is 278 g/mol. The molecule has 1 saturated heterocycles. The van der Waals surface area contributed by atoms with Gasteiger partial charge in [0.2, 0.25) is 5.72 Å². The van der Waals surface area contributed by atoms with E-state index in [0.29, 0.717) is 17.4 Å². The number of esters is 1. The maximum atomic E-state index is 11.8. The second-order valence-corrected chi connectivity index (χ2v) is 5.66. The molecule has 1 N–H and O–H groups in total. The molecule has 1 rings (SSSR count). The molecule has 1 aliphatic heterocycles. The Bertz CT molecular complexity index is 312. The zero-order valence-corrected chi connectivity index (χ0v) is 11.9. The third-order valence-electron chi connectivity index (χ3n) is 2.44. The summed E-state index contributed by atoms with van der Waals surface area (Å²) in [6, 6.07) is 0. The molecular formula is C10H18N2O3S2. The fourth-order valence-electron chi connectivity index (χ4n) is 1.46. The number of nitrogens with zero attached hydrogens (tertiary/aromatic N) is 2. The molecule has 0 bridgehead atoms. The van der Waals surface area contributed by atoms with E-state index >= 15 is 0 Å². The monoisotopic (exact) mass is 278 g/mol. The van der Waals surface area contributed by atoms with E-state index in [0.717, 1.165) is 0 Å². The van der Waals surface area contributed by atoms with Gasteiger partial charge in [-0.25, -0.2) is 4.79 Å². The highest BCUT2D eigenvalue weighted by molar-refractivity contribution is 8.23. The van der Waals surface area contributed by atoms with E-state index in [1.807, 2.05) is 19.0 Å². The molecule has 0 saturated carbocycles. The van der Waals surface area contributed by atoms with Crippen molar-refractivity contribution in [1.82, 2.24) is 9.80 Å². The lowest BCUT2D eigenvalue weighted by atomic mass is 10.2. The Labute approximate surface area is 111 Å². The lowest BCUT2D eigenvalue weighted by Gasteiger charge is -2.32. The maximum absolute atomic E-state index is 11.8. The third-order valence-corrected chi connectivity index (χ3v) is 4.03. The first-order chi connectivity index (χ1) is 7.91. The molecule has 0 radical (unpaired) electrons. The number of hydrogen-bond acceptors (Lipinski definition) is 6. The van der Waals surface area contributed by atoms with Crippen LogP contribution in [0, 0.1) is 0 Å². The Morgan fingerprint density at radius 3 is 2.88 bits per heavy atom. The number of ether oxygens (including phenoxy) is 1. The van der Waals surface area contributed by atoms with Crippen LogP contribution in [0.4, 0.5) is 0 Å². The smallest absolute Gasteiger partial charge is 0.360 e. The zero-order chi connectivity index (χ0) is 13.1. The Morgan fingerprint density at radius 2 is 2.35 bits per heavy atom. The molecule has 0 spiro atoms. The molecule has 1 fully saturated rings. The summed E-state index contributed by atoms with van der Waals surface area (Å²) in [4.78, 5) is 15.3. The van der Waals surface area contributed by atoms with Crippen molar-refractivity contribution in [2.75, 3.05) is 39.5 Å². The van der Waals surface area contributed by atoms with Crippen molar-refractivity contribution in [3.05, 3.63) is 0 Å². The number of hydrogen-bond donors (Lipinski definition) is 1. The quantitative estimate of drug-likeness (QED) is 0.567. The van der Waals surface area contributed by atoms with Gasteiger partial charge in [0.05, 0.1) is 12.4 Å². The Kier molecular flexibility index (Phi) is 5.18.